The molecular formula is C14H29NO2. The molecule has 0 aliphatic carbocycles. The van der Waals surface area contributed by atoms with Gasteiger partial charge in [0.2, 0.25) is 5.91 Å². The van der Waals surface area contributed by atoms with E-state index >= 15 is 0 Å². The van der Waals surface area contributed by atoms with E-state index in [4.69, 9.17) is 5.11 Å². The molecule has 102 valence electrons. The molecule has 17 heavy (non-hydrogen) atoms. The van der Waals surface area contributed by atoms with Crippen molar-refractivity contribution in [2.75, 3.05) is 19.7 Å². The van der Waals surface area contributed by atoms with Gasteiger partial charge in [0, 0.05) is 26.1 Å². The predicted octanol–water partition coefficient (Wildman–Crippen LogP) is 2.97. The van der Waals surface area contributed by atoms with Crippen LogP contribution in [-0.4, -0.2) is 35.6 Å². The Balaban J connectivity index is 3.54. The Morgan fingerprint density at radius 1 is 1.00 bits per heavy atom. The molecule has 0 rings (SSSR count). The van der Waals surface area contributed by atoms with Gasteiger partial charge in [-0.25, -0.2) is 0 Å². The van der Waals surface area contributed by atoms with Crippen molar-refractivity contribution in [3.63, 3.8) is 0 Å². The first-order chi connectivity index (χ1) is 8.26. The number of amides is 1. The van der Waals surface area contributed by atoms with Crippen molar-refractivity contribution in [2.45, 2.75) is 65.2 Å². The van der Waals surface area contributed by atoms with Gasteiger partial charge in [0.05, 0.1) is 0 Å². The van der Waals surface area contributed by atoms with Crippen LogP contribution in [0.5, 0.6) is 0 Å². The van der Waals surface area contributed by atoms with Crippen molar-refractivity contribution < 1.29 is 9.90 Å². The molecule has 0 heterocycles. The minimum atomic E-state index is 0.167. The molecule has 0 saturated heterocycles. The standard InChI is InChI=1S/C14H29NO2/c1-3-5-6-7-8-9-11-14(17)15(4-2)12-10-13-16/h16H,3-13H2,1-2H3. The molecule has 0 fully saturated rings. The molecule has 0 saturated carbocycles. The second-order valence-electron chi connectivity index (χ2n) is 4.57. The van der Waals surface area contributed by atoms with Crippen molar-refractivity contribution in [1.29, 1.82) is 0 Å². The summed E-state index contributed by atoms with van der Waals surface area (Å²) in [6, 6.07) is 0. The van der Waals surface area contributed by atoms with Crippen LogP contribution < -0.4 is 0 Å². The lowest BCUT2D eigenvalue weighted by Crippen LogP contribution is -2.31. The number of aliphatic hydroxyl groups excluding tert-OH is 1. The van der Waals surface area contributed by atoms with Crippen molar-refractivity contribution in [2.24, 2.45) is 0 Å². The van der Waals surface area contributed by atoms with Gasteiger partial charge >= 0.3 is 0 Å². The van der Waals surface area contributed by atoms with Crippen molar-refractivity contribution in [1.82, 2.24) is 4.90 Å². The fourth-order valence-electron chi connectivity index (χ4n) is 1.94. The molecule has 3 nitrogen and oxygen atoms in total. The highest BCUT2D eigenvalue weighted by Gasteiger charge is 2.09. The molecule has 0 spiro atoms. The highest BCUT2D eigenvalue weighted by Crippen LogP contribution is 2.08. The van der Waals surface area contributed by atoms with Crippen molar-refractivity contribution >= 4 is 5.91 Å². The Hall–Kier alpha value is -0.570. The zero-order valence-electron chi connectivity index (χ0n) is 11.6. The van der Waals surface area contributed by atoms with Gasteiger partial charge in [0.15, 0.2) is 0 Å². The monoisotopic (exact) mass is 243 g/mol. The summed E-state index contributed by atoms with van der Waals surface area (Å²) in [6.45, 7) is 5.83. The lowest BCUT2D eigenvalue weighted by Gasteiger charge is -2.20. The summed E-state index contributed by atoms with van der Waals surface area (Å²) in [6.07, 6.45) is 8.68. The lowest BCUT2D eigenvalue weighted by atomic mass is 10.1. The molecule has 1 N–H and O–H groups in total. The molecule has 3 heteroatoms. The van der Waals surface area contributed by atoms with E-state index in [0.29, 0.717) is 19.4 Å². The molecule has 0 aliphatic rings. The summed E-state index contributed by atoms with van der Waals surface area (Å²) in [7, 11) is 0. The molecule has 0 atom stereocenters. The molecule has 0 radical (unpaired) electrons. The largest absolute Gasteiger partial charge is 0.396 e. The summed E-state index contributed by atoms with van der Waals surface area (Å²) in [5.41, 5.74) is 0. The van der Waals surface area contributed by atoms with Gasteiger partial charge in [-0.1, -0.05) is 39.0 Å². The van der Waals surface area contributed by atoms with E-state index in [0.717, 1.165) is 13.0 Å². The van der Waals surface area contributed by atoms with Gasteiger partial charge < -0.3 is 10.0 Å². The van der Waals surface area contributed by atoms with Gasteiger partial charge in [-0.3, -0.25) is 4.79 Å². The smallest absolute Gasteiger partial charge is 0.222 e. The second-order valence-corrected chi connectivity index (χ2v) is 4.57. The number of rotatable bonds is 11. The first-order valence-corrected chi connectivity index (χ1v) is 7.14. The van der Waals surface area contributed by atoms with E-state index in [1.807, 2.05) is 11.8 Å². The topological polar surface area (TPSA) is 40.5 Å². The van der Waals surface area contributed by atoms with Crippen LogP contribution in [0.2, 0.25) is 0 Å². The van der Waals surface area contributed by atoms with Crippen LogP contribution in [0.25, 0.3) is 0 Å². The van der Waals surface area contributed by atoms with Crippen LogP contribution in [-0.2, 0) is 4.79 Å². The highest BCUT2D eigenvalue weighted by atomic mass is 16.3. The average molecular weight is 243 g/mol. The highest BCUT2D eigenvalue weighted by molar-refractivity contribution is 5.76. The fraction of sp³-hybridized carbons (Fsp3) is 0.929. The maximum absolute atomic E-state index is 11.8. The number of carbonyl (C=O) groups excluding carboxylic acids is 1. The van der Waals surface area contributed by atoms with Crippen molar-refractivity contribution in [3.05, 3.63) is 0 Å². The predicted molar refractivity (Wildman–Crippen MR) is 71.9 cm³/mol. The average Bonchev–Trinajstić information content (AvgIpc) is 2.34. The van der Waals surface area contributed by atoms with Crippen molar-refractivity contribution in [3.8, 4) is 0 Å². The zero-order chi connectivity index (χ0) is 12.9. The Labute approximate surface area is 106 Å². The van der Waals surface area contributed by atoms with E-state index < -0.39 is 0 Å². The summed E-state index contributed by atoms with van der Waals surface area (Å²) >= 11 is 0. The second kappa shape index (κ2) is 11.9. The van der Waals surface area contributed by atoms with Gasteiger partial charge in [0.1, 0.15) is 0 Å². The normalized spacial score (nSPS) is 10.5. The van der Waals surface area contributed by atoms with Gasteiger partial charge in [0.25, 0.3) is 0 Å². The van der Waals surface area contributed by atoms with E-state index in [-0.39, 0.29) is 12.5 Å². The number of carbonyl (C=O) groups is 1. The third kappa shape index (κ3) is 9.16. The van der Waals surface area contributed by atoms with E-state index in [2.05, 4.69) is 6.92 Å². The first-order valence-electron chi connectivity index (χ1n) is 7.14. The van der Waals surface area contributed by atoms with Gasteiger partial charge in [-0.15, -0.1) is 0 Å². The molecule has 0 aromatic heterocycles. The quantitative estimate of drug-likeness (QED) is 0.567. The molecular weight excluding hydrogens is 214 g/mol. The molecule has 0 aromatic carbocycles. The first kappa shape index (κ1) is 16.4. The van der Waals surface area contributed by atoms with Crippen LogP contribution >= 0.6 is 0 Å². The van der Waals surface area contributed by atoms with Gasteiger partial charge in [-0.05, 0) is 19.8 Å². The summed E-state index contributed by atoms with van der Waals surface area (Å²) in [4.78, 5) is 13.7. The molecule has 0 bridgehead atoms. The third-order valence-electron chi connectivity index (χ3n) is 3.06. The zero-order valence-corrected chi connectivity index (χ0v) is 11.6. The minimum Gasteiger partial charge on any atom is -0.396 e. The third-order valence-corrected chi connectivity index (χ3v) is 3.06. The number of hydrogen-bond donors (Lipinski definition) is 1. The fourth-order valence-corrected chi connectivity index (χ4v) is 1.94. The molecule has 0 aliphatic heterocycles. The molecule has 1 amide bonds. The Morgan fingerprint density at radius 3 is 2.24 bits per heavy atom. The molecule has 0 unspecified atom stereocenters. The van der Waals surface area contributed by atoms with E-state index in [1.165, 1.54) is 32.1 Å². The minimum absolute atomic E-state index is 0.167. The van der Waals surface area contributed by atoms with E-state index in [1.54, 1.807) is 0 Å². The number of hydrogen-bond acceptors (Lipinski definition) is 2. The van der Waals surface area contributed by atoms with Crippen LogP contribution in [0.4, 0.5) is 0 Å². The van der Waals surface area contributed by atoms with E-state index in [9.17, 15) is 4.79 Å². The van der Waals surface area contributed by atoms with Gasteiger partial charge in [-0.2, -0.15) is 0 Å². The summed E-state index contributed by atoms with van der Waals surface area (Å²) in [5, 5.41) is 8.75. The Kier molecular flexibility index (Phi) is 11.5. The number of aliphatic hydroxyl groups is 1. The SMILES string of the molecule is CCCCCCCCC(=O)N(CC)CCCO. The summed E-state index contributed by atoms with van der Waals surface area (Å²) < 4.78 is 0. The summed E-state index contributed by atoms with van der Waals surface area (Å²) in [5.74, 6) is 0.247. The Morgan fingerprint density at radius 2 is 1.65 bits per heavy atom. The number of unbranched alkanes of at least 4 members (excludes halogenated alkanes) is 5. The maximum Gasteiger partial charge on any atom is 0.222 e. The maximum atomic E-state index is 11.8. The lowest BCUT2D eigenvalue weighted by molar-refractivity contribution is -0.131. The van der Waals surface area contributed by atoms with Crippen LogP contribution in [0.3, 0.4) is 0 Å². The van der Waals surface area contributed by atoms with Crippen LogP contribution in [0.15, 0.2) is 0 Å². The number of nitrogens with zero attached hydrogens (tertiary/aromatic N) is 1. The Bertz CT molecular complexity index is 183. The molecule has 0 aromatic rings. The van der Waals surface area contributed by atoms with Crippen LogP contribution in [0.1, 0.15) is 65.2 Å². The van der Waals surface area contributed by atoms with Crippen LogP contribution in [0, 0.1) is 0 Å².